The molecule has 0 aliphatic rings. The molecule has 4 heteroatoms. The van der Waals surface area contributed by atoms with Gasteiger partial charge in [-0.2, -0.15) is 0 Å². The Labute approximate surface area is 136 Å². The molecular formula is C19H22FNO2. The van der Waals surface area contributed by atoms with E-state index in [0.29, 0.717) is 0 Å². The topological polar surface area (TPSA) is 38.3 Å². The smallest absolute Gasteiger partial charge is 0.261 e. The quantitative estimate of drug-likeness (QED) is 0.874. The van der Waals surface area contributed by atoms with Gasteiger partial charge in [0.05, 0.1) is 6.04 Å². The molecule has 2 atom stereocenters. The lowest BCUT2D eigenvalue weighted by Crippen LogP contribution is -2.37. The average Bonchev–Trinajstić information content (AvgIpc) is 2.55. The van der Waals surface area contributed by atoms with Crippen molar-refractivity contribution in [2.24, 2.45) is 0 Å². The summed E-state index contributed by atoms with van der Waals surface area (Å²) in [6, 6.07) is 13.6. The first-order chi connectivity index (χ1) is 11.0. The average molecular weight is 315 g/mol. The molecule has 0 saturated carbocycles. The fourth-order valence-electron chi connectivity index (χ4n) is 2.32. The molecule has 0 spiro atoms. The van der Waals surface area contributed by atoms with Crippen molar-refractivity contribution in [2.45, 2.75) is 39.3 Å². The number of carbonyl (C=O) groups excluding carboxylic acids is 1. The minimum Gasteiger partial charge on any atom is -0.481 e. The van der Waals surface area contributed by atoms with Gasteiger partial charge in [0.25, 0.3) is 5.91 Å². The van der Waals surface area contributed by atoms with Crippen molar-refractivity contribution in [3.63, 3.8) is 0 Å². The summed E-state index contributed by atoms with van der Waals surface area (Å²) in [5, 5.41) is 2.89. The van der Waals surface area contributed by atoms with Crippen LogP contribution in [-0.4, -0.2) is 12.0 Å². The van der Waals surface area contributed by atoms with Gasteiger partial charge in [0.1, 0.15) is 11.6 Å². The van der Waals surface area contributed by atoms with E-state index in [9.17, 15) is 9.18 Å². The molecule has 3 nitrogen and oxygen atoms in total. The number of amides is 1. The summed E-state index contributed by atoms with van der Waals surface area (Å²) in [5.41, 5.74) is 1.92. The van der Waals surface area contributed by atoms with E-state index in [-0.39, 0.29) is 17.8 Å². The van der Waals surface area contributed by atoms with Crippen LogP contribution in [0.5, 0.6) is 5.75 Å². The van der Waals surface area contributed by atoms with Crippen LogP contribution in [0.15, 0.2) is 48.5 Å². The zero-order valence-corrected chi connectivity index (χ0v) is 13.7. The molecule has 0 unspecified atom stereocenters. The minimum absolute atomic E-state index is 0.201. The highest BCUT2D eigenvalue weighted by atomic mass is 19.1. The first-order valence-corrected chi connectivity index (χ1v) is 7.81. The lowest BCUT2D eigenvalue weighted by molar-refractivity contribution is -0.127. The first-order valence-electron chi connectivity index (χ1n) is 7.81. The van der Waals surface area contributed by atoms with Crippen molar-refractivity contribution in [1.82, 2.24) is 5.32 Å². The number of para-hydroxylation sites is 1. The van der Waals surface area contributed by atoms with Gasteiger partial charge in [-0.3, -0.25) is 4.79 Å². The Kier molecular flexibility index (Phi) is 5.74. The maximum Gasteiger partial charge on any atom is 0.261 e. The molecule has 2 aromatic rings. The molecule has 0 bridgehead atoms. The molecule has 1 amide bonds. The zero-order chi connectivity index (χ0) is 16.8. The number of nitrogens with one attached hydrogen (secondary N) is 1. The van der Waals surface area contributed by atoms with Gasteiger partial charge in [0.15, 0.2) is 6.10 Å². The highest BCUT2D eigenvalue weighted by molar-refractivity contribution is 5.81. The van der Waals surface area contributed by atoms with Crippen molar-refractivity contribution < 1.29 is 13.9 Å². The number of benzene rings is 2. The number of rotatable bonds is 6. The van der Waals surface area contributed by atoms with E-state index in [1.165, 1.54) is 12.1 Å². The van der Waals surface area contributed by atoms with Gasteiger partial charge in [0.2, 0.25) is 0 Å². The molecule has 1 N–H and O–H groups in total. The normalized spacial score (nSPS) is 13.2. The summed E-state index contributed by atoms with van der Waals surface area (Å²) in [4.78, 5) is 12.3. The second-order valence-corrected chi connectivity index (χ2v) is 5.50. The van der Waals surface area contributed by atoms with Gasteiger partial charge in [-0.1, -0.05) is 37.3 Å². The Morgan fingerprint density at radius 2 is 1.78 bits per heavy atom. The third kappa shape index (κ3) is 4.55. The van der Waals surface area contributed by atoms with Crippen LogP contribution in [0, 0.1) is 5.82 Å². The number of aryl methyl sites for hydroxylation is 1. The summed E-state index contributed by atoms with van der Waals surface area (Å²) in [7, 11) is 0. The lowest BCUT2D eigenvalue weighted by atomic mass is 10.1. The van der Waals surface area contributed by atoms with Gasteiger partial charge >= 0.3 is 0 Å². The highest BCUT2D eigenvalue weighted by Gasteiger charge is 2.18. The fourth-order valence-corrected chi connectivity index (χ4v) is 2.32. The standard InChI is InChI=1S/C19H22FNO2/c1-4-15-7-5-6-8-18(15)23-14(3)19(22)21-13(2)16-9-11-17(20)12-10-16/h5-14H,4H2,1-3H3,(H,21,22)/t13-,14-/m1/s1. The third-order valence-electron chi connectivity index (χ3n) is 3.76. The van der Waals surface area contributed by atoms with Crippen molar-refractivity contribution in [3.8, 4) is 5.75 Å². The first kappa shape index (κ1) is 17.0. The van der Waals surface area contributed by atoms with E-state index in [0.717, 1.165) is 23.3 Å². The Morgan fingerprint density at radius 3 is 2.43 bits per heavy atom. The second kappa shape index (κ2) is 7.77. The lowest BCUT2D eigenvalue weighted by Gasteiger charge is -2.20. The monoisotopic (exact) mass is 315 g/mol. The molecule has 0 fully saturated rings. The van der Waals surface area contributed by atoms with Crippen LogP contribution in [0.4, 0.5) is 4.39 Å². The zero-order valence-electron chi connectivity index (χ0n) is 13.7. The Bertz CT molecular complexity index is 655. The fraction of sp³-hybridized carbons (Fsp3) is 0.316. The van der Waals surface area contributed by atoms with Crippen molar-refractivity contribution in [3.05, 3.63) is 65.5 Å². The predicted molar refractivity (Wildman–Crippen MR) is 88.9 cm³/mol. The Morgan fingerprint density at radius 1 is 1.13 bits per heavy atom. The van der Waals surface area contributed by atoms with Crippen LogP contribution in [0.1, 0.15) is 37.9 Å². The van der Waals surface area contributed by atoms with E-state index in [1.54, 1.807) is 19.1 Å². The van der Waals surface area contributed by atoms with Crippen molar-refractivity contribution >= 4 is 5.91 Å². The summed E-state index contributed by atoms with van der Waals surface area (Å²) in [5.74, 6) is 0.236. The molecule has 0 heterocycles. The molecule has 2 rings (SSSR count). The van der Waals surface area contributed by atoms with Crippen LogP contribution < -0.4 is 10.1 Å². The van der Waals surface area contributed by atoms with Gasteiger partial charge < -0.3 is 10.1 Å². The van der Waals surface area contributed by atoms with Crippen LogP contribution >= 0.6 is 0 Å². The largest absolute Gasteiger partial charge is 0.481 e. The summed E-state index contributed by atoms with van der Waals surface area (Å²) >= 11 is 0. The predicted octanol–water partition coefficient (Wildman–Crippen LogP) is 4.03. The van der Waals surface area contributed by atoms with E-state index in [4.69, 9.17) is 4.74 Å². The summed E-state index contributed by atoms with van der Waals surface area (Å²) in [6.07, 6.45) is 0.238. The number of carbonyl (C=O) groups is 1. The molecule has 0 saturated heterocycles. The van der Waals surface area contributed by atoms with Crippen LogP contribution in [0.25, 0.3) is 0 Å². The number of halogens is 1. The van der Waals surface area contributed by atoms with E-state index in [2.05, 4.69) is 5.32 Å². The molecule has 2 aromatic carbocycles. The van der Waals surface area contributed by atoms with E-state index < -0.39 is 6.10 Å². The van der Waals surface area contributed by atoms with Gasteiger partial charge in [-0.15, -0.1) is 0 Å². The van der Waals surface area contributed by atoms with Crippen LogP contribution in [0.2, 0.25) is 0 Å². The van der Waals surface area contributed by atoms with Gasteiger partial charge in [-0.05, 0) is 49.6 Å². The maximum absolute atomic E-state index is 12.9. The maximum atomic E-state index is 12.9. The summed E-state index contributed by atoms with van der Waals surface area (Å²) in [6.45, 7) is 5.63. The van der Waals surface area contributed by atoms with Crippen molar-refractivity contribution in [2.75, 3.05) is 0 Å². The van der Waals surface area contributed by atoms with E-state index >= 15 is 0 Å². The molecular weight excluding hydrogens is 293 g/mol. The SMILES string of the molecule is CCc1ccccc1O[C@H](C)C(=O)N[C@H](C)c1ccc(F)cc1. The molecule has 0 radical (unpaired) electrons. The molecule has 122 valence electrons. The van der Waals surface area contributed by atoms with Gasteiger partial charge in [0, 0.05) is 0 Å². The molecule has 0 aromatic heterocycles. The molecule has 0 aliphatic heterocycles. The number of ether oxygens (including phenoxy) is 1. The second-order valence-electron chi connectivity index (χ2n) is 5.50. The Hall–Kier alpha value is -2.36. The number of hydrogen-bond donors (Lipinski definition) is 1. The molecule has 0 aliphatic carbocycles. The third-order valence-corrected chi connectivity index (χ3v) is 3.76. The molecule has 23 heavy (non-hydrogen) atoms. The highest BCUT2D eigenvalue weighted by Crippen LogP contribution is 2.20. The minimum atomic E-state index is -0.606. The van der Waals surface area contributed by atoms with Crippen LogP contribution in [0.3, 0.4) is 0 Å². The summed E-state index contributed by atoms with van der Waals surface area (Å²) < 4.78 is 18.7. The van der Waals surface area contributed by atoms with Crippen molar-refractivity contribution in [1.29, 1.82) is 0 Å². The van der Waals surface area contributed by atoms with E-state index in [1.807, 2.05) is 38.1 Å². The Balaban J connectivity index is 1.98. The van der Waals surface area contributed by atoms with Crippen LogP contribution in [-0.2, 0) is 11.2 Å². The number of hydrogen-bond acceptors (Lipinski definition) is 2. The van der Waals surface area contributed by atoms with Gasteiger partial charge in [-0.25, -0.2) is 4.39 Å².